The summed E-state index contributed by atoms with van der Waals surface area (Å²) in [5.41, 5.74) is 4.56. The number of hydrogen-bond acceptors (Lipinski definition) is 2. The summed E-state index contributed by atoms with van der Waals surface area (Å²) in [6, 6.07) is 27.7. The number of nitrogens with zero attached hydrogens (tertiary/aromatic N) is 1. The third-order valence-corrected chi connectivity index (χ3v) is 5.27. The molecule has 0 saturated heterocycles. The van der Waals surface area contributed by atoms with Gasteiger partial charge in [0.2, 0.25) is 0 Å². The van der Waals surface area contributed by atoms with Crippen molar-refractivity contribution in [3.63, 3.8) is 0 Å². The van der Waals surface area contributed by atoms with Gasteiger partial charge in [0.25, 0.3) is 0 Å². The molecule has 2 nitrogen and oxygen atoms in total. The van der Waals surface area contributed by atoms with Crippen LogP contribution in [0.5, 0.6) is 0 Å². The summed E-state index contributed by atoms with van der Waals surface area (Å²) in [5.74, 6) is 0. The largest absolute Gasteiger partial charge is 0.354 e. The third-order valence-electron chi connectivity index (χ3n) is 5.27. The van der Waals surface area contributed by atoms with E-state index >= 15 is 0 Å². The Bertz CT molecular complexity index is 1280. The molecule has 0 saturated carbocycles. The second kappa shape index (κ2) is 6.40. The Labute approximate surface area is 158 Å². The summed E-state index contributed by atoms with van der Waals surface area (Å²) < 4.78 is 0. The highest BCUT2D eigenvalue weighted by molar-refractivity contribution is 6.10. The first-order valence-corrected chi connectivity index (χ1v) is 9.39. The Kier molecular flexibility index (Phi) is 3.75. The highest BCUT2D eigenvalue weighted by Crippen LogP contribution is 2.35. The molecule has 0 amide bonds. The smallest absolute Gasteiger partial charge is 0.0801 e. The summed E-state index contributed by atoms with van der Waals surface area (Å²) in [6.45, 7) is 2.18. The molecule has 0 aliphatic carbocycles. The Balaban J connectivity index is 1.77. The first-order valence-electron chi connectivity index (χ1n) is 9.39. The van der Waals surface area contributed by atoms with Gasteiger partial charge in [0.15, 0.2) is 0 Å². The molecular formula is C25H20N2. The van der Waals surface area contributed by atoms with Gasteiger partial charge in [-0.05, 0) is 28.8 Å². The van der Waals surface area contributed by atoms with Crippen molar-refractivity contribution in [3.8, 4) is 0 Å². The number of benzene rings is 4. The van der Waals surface area contributed by atoms with E-state index in [1.807, 2.05) is 6.20 Å². The molecule has 5 aromatic rings. The van der Waals surface area contributed by atoms with Gasteiger partial charge >= 0.3 is 0 Å². The summed E-state index contributed by atoms with van der Waals surface area (Å²) in [6.07, 6.45) is 2.95. The van der Waals surface area contributed by atoms with Crippen LogP contribution >= 0.6 is 0 Å². The fourth-order valence-electron chi connectivity index (χ4n) is 3.86. The molecule has 0 bridgehead atoms. The maximum atomic E-state index is 4.80. The topological polar surface area (TPSA) is 24.9 Å². The van der Waals surface area contributed by atoms with Crippen LogP contribution in [-0.2, 0) is 6.42 Å². The Morgan fingerprint density at radius 1 is 0.704 bits per heavy atom. The number of fused-ring (bicyclic) bond motifs is 4. The number of nitrogens with one attached hydrogen (secondary N) is 1. The fraction of sp³-hybridized carbons (Fsp3) is 0.0800. The molecule has 2 heteroatoms. The minimum Gasteiger partial charge on any atom is -0.354 e. The SMILES string of the molecule is CCc1cnc2c(ccc3ccccc32)c1Nc1cccc2ccccc12. The fourth-order valence-corrected chi connectivity index (χ4v) is 3.86. The van der Waals surface area contributed by atoms with Crippen LogP contribution in [0.1, 0.15) is 12.5 Å². The van der Waals surface area contributed by atoms with Gasteiger partial charge in [-0.1, -0.05) is 79.7 Å². The number of hydrogen-bond donors (Lipinski definition) is 1. The molecule has 0 aliphatic heterocycles. The molecule has 0 fully saturated rings. The van der Waals surface area contributed by atoms with Crippen molar-refractivity contribution in [2.45, 2.75) is 13.3 Å². The van der Waals surface area contributed by atoms with Crippen LogP contribution < -0.4 is 5.32 Å². The van der Waals surface area contributed by atoms with Gasteiger partial charge < -0.3 is 5.32 Å². The van der Waals surface area contributed by atoms with Crippen molar-refractivity contribution >= 4 is 43.8 Å². The van der Waals surface area contributed by atoms with Gasteiger partial charge in [-0.3, -0.25) is 4.98 Å². The van der Waals surface area contributed by atoms with E-state index in [0.29, 0.717) is 0 Å². The molecular weight excluding hydrogens is 328 g/mol. The molecule has 0 spiro atoms. The van der Waals surface area contributed by atoms with Crippen molar-refractivity contribution in [1.82, 2.24) is 4.98 Å². The molecule has 0 radical (unpaired) electrons. The zero-order chi connectivity index (χ0) is 18.2. The van der Waals surface area contributed by atoms with Gasteiger partial charge in [-0.15, -0.1) is 0 Å². The van der Waals surface area contributed by atoms with Gasteiger partial charge in [0, 0.05) is 28.0 Å². The quantitative estimate of drug-likeness (QED) is 0.361. The normalized spacial score (nSPS) is 11.3. The number of aromatic nitrogens is 1. The molecule has 5 rings (SSSR count). The van der Waals surface area contributed by atoms with Crippen molar-refractivity contribution < 1.29 is 0 Å². The zero-order valence-corrected chi connectivity index (χ0v) is 15.2. The van der Waals surface area contributed by atoms with E-state index in [1.165, 1.54) is 32.5 Å². The summed E-state index contributed by atoms with van der Waals surface area (Å²) in [5, 5.41) is 9.78. The average Bonchev–Trinajstić information content (AvgIpc) is 2.74. The molecule has 1 N–H and O–H groups in total. The Hall–Kier alpha value is -3.39. The molecule has 0 aliphatic rings. The van der Waals surface area contributed by atoms with Crippen LogP contribution in [0.3, 0.4) is 0 Å². The molecule has 4 aromatic carbocycles. The van der Waals surface area contributed by atoms with E-state index in [0.717, 1.165) is 23.3 Å². The number of pyridine rings is 1. The predicted molar refractivity (Wildman–Crippen MR) is 116 cm³/mol. The van der Waals surface area contributed by atoms with E-state index < -0.39 is 0 Å². The monoisotopic (exact) mass is 348 g/mol. The Morgan fingerprint density at radius 3 is 2.22 bits per heavy atom. The zero-order valence-electron chi connectivity index (χ0n) is 15.2. The summed E-state index contributed by atoms with van der Waals surface area (Å²) in [4.78, 5) is 4.80. The highest BCUT2D eigenvalue weighted by atomic mass is 14.9. The van der Waals surface area contributed by atoms with E-state index in [9.17, 15) is 0 Å². The second-order valence-corrected chi connectivity index (χ2v) is 6.85. The van der Waals surface area contributed by atoms with Crippen molar-refractivity contribution in [1.29, 1.82) is 0 Å². The molecule has 0 atom stereocenters. The number of anilines is 2. The lowest BCUT2D eigenvalue weighted by Crippen LogP contribution is -1.99. The Morgan fingerprint density at radius 2 is 1.41 bits per heavy atom. The van der Waals surface area contributed by atoms with Crippen LogP contribution in [-0.4, -0.2) is 4.98 Å². The average molecular weight is 348 g/mol. The maximum Gasteiger partial charge on any atom is 0.0801 e. The standard InChI is InChI=1S/C25H20N2/c1-2-17-16-26-25-21-12-6-4-9-19(21)14-15-22(25)24(17)27-23-13-7-10-18-8-3-5-11-20(18)23/h3-16H,2H2,1H3,(H,26,27). The lowest BCUT2D eigenvalue weighted by Gasteiger charge is -2.16. The lowest BCUT2D eigenvalue weighted by molar-refractivity contribution is 1.12. The van der Waals surface area contributed by atoms with Crippen molar-refractivity contribution in [3.05, 3.63) is 90.6 Å². The van der Waals surface area contributed by atoms with Gasteiger partial charge in [0.05, 0.1) is 11.2 Å². The highest BCUT2D eigenvalue weighted by Gasteiger charge is 2.11. The molecule has 130 valence electrons. The van der Waals surface area contributed by atoms with Gasteiger partial charge in [0.1, 0.15) is 0 Å². The van der Waals surface area contributed by atoms with Crippen LogP contribution in [0.4, 0.5) is 11.4 Å². The van der Waals surface area contributed by atoms with Crippen LogP contribution in [0.2, 0.25) is 0 Å². The minimum atomic E-state index is 0.933. The maximum absolute atomic E-state index is 4.80. The van der Waals surface area contributed by atoms with E-state index in [2.05, 4.69) is 91.1 Å². The van der Waals surface area contributed by atoms with Crippen LogP contribution in [0.25, 0.3) is 32.4 Å². The van der Waals surface area contributed by atoms with Crippen molar-refractivity contribution in [2.24, 2.45) is 0 Å². The lowest BCUT2D eigenvalue weighted by atomic mass is 10.0. The number of aryl methyl sites for hydroxylation is 1. The third kappa shape index (κ3) is 2.61. The van der Waals surface area contributed by atoms with E-state index in [-0.39, 0.29) is 0 Å². The first kappa shape index (κ1) is 15.8. The summed E-state index contributed by atoms with van der Waals surface area (Å²) in [7, 11) is 0. The molecule has 0 unspecified atom stereocenters. The van der Waals surface area contributed by atoms with Crippen LogP contribution in [0.15, 0.2) is 85.1 Å². The van der Waals surface area contributed by atoms with E-state index in [1.54, 1.807) is 0 Å². The number of rotatable bonds is 3. The summed E-state index contributed by atoms with van der Waals surface area (Å²) >= 11 is 0. The van der Waals surface area contributed by atoms with Crippen molar-refractivity contribution in [2.75, 3.05) is 5.32 Å². The minimum absolute atomic E-state index is 0.933. The van der Waals surface area contributed by atoms with Gasteiger partial charge in [-0.2, -0.15) is 0 Å². The van der Waals surface area contributed by atoms with Crippen LogP contribution in [0, 0.1) is 0 Å². The second-order valence-electron chi connectivity index (χ2n) is 6.85. The first-order chi connectivity index (χ1) is 13.3. The molecule has 27 heavy (non-hydrogen) atoms. The van der Waals surface area contributed by atoms with Gasteiger partial charge in [-0.25, -0.2) is 0 Å². The predicted octanol–water partition coefficient (Wildman–Crippen LogP) is 6.85. The van der Waals surface area contributed by atoms with E-state index in [4.69, 9.17) is 4.98 Å². The molecule has 1 heterocycles. The molecule has 1 aromatic heterocycles.